The van der Waals surface area contributed by atoms with Gasteiger partial charge >= 0.3 is 0 Å². The zero-order chi connectivity index (χ0) is 40.0. The summed E-state index contributed by atoms with van der Waals surface area (Å²) in [7, 11) is 0. The smallest absolute Gasteiger partial charge is 0.0991 e. The van der Waals surface area contributed by atoms with Gasteiger partial charge in [0, 0.05) is 53.7 Å². The topological polar surface area (TPSA) is 49.6 Å². The van der Waals surface area contributed by atoms with Gasteiger partial charge in [-0.1, -0.05) is 106 Å². The molecule has 1 radical (unpaired) electrons. The van der Waals surface area contributed by atoms with Crippen LogP contribution in [0.4, 0.5) is 8.78 Å². The molecule has 0 fully saturated rings. The van der Waals surface area contributed by atoms with Crippen LogP contribution < -0.4 is 0 Å². The first kappa shape index (κ1) is 27.6. The van der Waals surface area contributed by atoms with E-state index < -0.39 is 42.1 Å². The summed E-state index contributed by atoms with van der Waals surface area (Å²) in [5, 5.41) is 12.9. The quantitative estimate of drug-likeness (QED) is 0.131. The van der Waals surface area contributed by atoms with Crippen molar-refractivity contribution in [2.24, 2.45) is 10.8 Å². The molecule has 48 heavy (non-hydrogen) atoms. The first-order chi connectivity index (χ1) is 25.0. The summed E-state index contributed by atoms with van der Waals surface area (Å²) < 4.78 is 84.2. The molecule has 6 aromatic rings. The van der Waals surface area contributed by atoms with E-state index in [1.165, 1.54) is 18.5 Å². The first-order valence-corrected chi connectivity index (χ1v) is 15.1. The van der Waals surface area contributed by atoms with Gasteiger partial charge in [-0.25, -0.2) is 0 Å². The van der Waals surface area contributed by atoms with Crippen molar-refractivity contribution in [3.05, 3.63) is 131 Å². The standard InChI is InChI=1S/C26H23N2.C16H16F2N.Ir/c1-17-16-28-25(13-20(17)14-26(2,3)4)24-7-5-6-22-21-10-8-18(15-27)12-19(21)9-11-23(22)24;1-16(2,3)9-11-4-7-15(19-10-11)13-6-5-12(17)8-14(13)18;/h5-6,8-13,16H,14H2,1-4H3;4-5,7-8,10H,9H2,1-3H3;/q2*-1;/i1D3,14D2;9D2;. The maximum atomic E-state index is 13.7. The Balaban J connectivity index is 0.000000265. The van der Waals surface area contributed by atoms with Crippen LogP contribution >= 0.6 is 0 Å². The number of aryl methyl sites for hydroxylation is 1. The summed E-state index contributed by atoms with van der Waals surface area (Å²) in [4.78, 5) is 8.51. The van der Waals surface area contributed by atoms with Crippen LogP contribution in [0.25, 0.3) is 44.1 Å². The van der Waals surface area contributed by atoms with Gasteiger partial charge in [0.15, 0.2) is 0 Å². The third-order valence-corrected chi connectivity index (χ3v) is 7.00. The van der Waals surface area contributed by atoms with Crippen LogP contribution in [-0.2, 0) is 32.9 Å². The Labute approximate surface area is 306 Å². The monoisotopic (exact) mass is 823 g/mol. The molecular weight excluding hydrogens is 777 g/mol. The van der Waals surface area contributed by atoms with Crippen LogP contribution in [-0.4, -0.2) is 9.97 Å². The predicted molar refractivity (Wildman–Crippen MR) is 188 cm³/mol. The number of nitriles is 1. The minimum atomic E-state index is -2.49. The first-order valence-electron chi connectivity index (χ1n) is 18.6. The van der Waals surface area contributed by atoms with Crippen molar-refractivity contribution in [3.8, 4) is 28.6 Å². The summed E-state index contributed by atoms with van der Waals surface area (Å²) in [6.07, 6.45) is -0.811. The molecule has 6 rings (SSSR count). The number of rotatable bonds is 4. The summed E-state index contributed by atoms with van der Waals surface area (Å²) in [6, 6.07) is 27.5. The van der Waals surface area contributed by atoms with Gasteiger partial charge in [0.1, 0.15) is 0 Å². The van der Waals surface area contributed by atoms with Crippen LogP contribution in [0.3, 0.4) is 0 Å². The SMILES string of the molecule is [2H]C([2H])([2H])c1cnc(-c2[c-]ccc3c2ccc2cc(C#N)ccc23)cc1C([2H])([2H])C(C)(C)C.[2H]C([2H])(c1ccc(-c2[c-]cc(F)cc2F)nc1)C(C)(C)C.[Ir]. The molecule has 0 aliphatic heterocycles. The largest absolute Gasteiger partial charge is 0.304 e. The zero-order valence-electron chi connectivity index (χ0n) is 34.5. The molecule has 2 heterocycles. The fraction of sp³-hybridized carbons (Fsp3) is 0.262. The molecule has 0 N–H and O–H groups in total. The average Bonchev–Trinajstić information content (AvgIpc) is 3.09. The fourth-order valence-electron chi connectivity index (χ4n) is 5.11. The van der Waals surface area contributed by atoms with E-state index in [0.717, 1.165) is 33.7 Å². The molecule has 0 aliphatic carbocycles. The second-order valence-corrected chi connectivity index (χ2v) is 13.3. The Hall–Kier alpha value is -4.30. The third-order valence-electron chi connectivity index (χ3n) is 7.00. The predicted octanol–water partition coefficient (Wildman–Crippen LogP) is 11.0. The molecule has 247 valence electrons. The van der Waals surface area contributed by atoms with E-state index in [0.29, 0.717) is 28.1 Å². The van der Waals surface area contributed by atoms with Crippen LogP contribution in [0, 0.1) is 52.8 Å². The summed E-state index contributed by atoms with van der Waals surface area (Å²) >= 11 is 0. The van der Waals surface area contributed by atoms with Gasteiger partial charge in [0.25, 0.3) is 0 Å². The number of fused-ring (bicyclic) bond motifs is 3. The Morgan fingerprint density at radius 1 is 0.792 bits per heavy atom. The van der Waals surface area contributed by atoms with E-state index in [9.17, 15) is 14.0 Å². The zero-order valence-corrected chi connectivity index (χ0v) is 29.9. The molecule has 0 amide bonds. The number of hydrogen-bond donors (Lipinski definition) is 0. The van der Waals surface area contributed by atoms with E-state index >= 15 is 0 Å². The van der Waals surface area contributed by atoms with Gasteiger partial charge < -0.3 is 9.97 Å². The van der Waals surface area contributed by atoms with Gasteiger partial charge in [-0.2, -0.15) is 5.26 Å². The van der Waals surface area contributed by atoms with Crippen molar-refractivity contribution >= 4 is 21.5 Å². The second kappa shape index (κ2) is 14.9. The maximum Gasteiger partial charge on any atom is 0.0991 e. The van der Waals surface area contributed by atoms with Gasteiger partial charge in [0.2, 0.25) is 0 Å². The van der Waals surface area contributed by atoms with E-state index in [2.05, 4.69) is 28.2 Å². The van der Waals surface area contributed by atoms with Gasteiger partial charge in [-0.3, -0.25) is 8.78 Å². The van der Waals surface area contributed by atoms with Crippen molar-refractivity contribution in [1.82, 2.24) is 9.97 Å². The number of benzene rings is 4. The Bertz CT molecular complexity index is 2390. The second-order valence-electron chi connectivity index (χ2n) is 13.3. The van der Waals surface area contributed by atoms with Gasteiger partial charge in [-0.15, -0.1) is 35.9 Å². The van der Waals surface area contributed by atoms with E-state index in [1.807, 2.05) is 30.3 Å². The molecule has 0 atom stereocenters. The van der Waals surface area contributed by atoms with Crippen molar-refractivity contribution in [3.63, 3.8) is 0 Å². The molecule has 2 aromatic heterocycles. The molecule has 0 unspecified atom stereocenters. The normalized spacial score (nSPS) is 14.4. The van der Waals surface area contributed by atoms with Crippen LogP contribution in [0.1, 0.15) is 73.4 Å². The third kappa shape index (κ3) is 8.98. The molecule has 0 spiro atoms. The molecule has 3 nitrogen and oxygen atoms in total. The Kier molecular flexibility index (Phi) is 8.55. The summed E-state index contributed by atoms with van der Waals surface area (Å²) in [5.74, 6) is -1.44. The molecule has 4 aromatic carbocycles. The molecule has 0 saturated heterocycles. The number of nitrogens with zero attached hydrogens (tertiary/aromatic N) is 3. The van der Waals surface area contributed by atoms with Gasteiger partial charge in [0.05, 0.1) is 11.6 Å². The minimum absolute atomic E-state index is 0. The van der Waals surface area contributed by atoms with E-state index in [1.54, 1.807) is 65.8 Å². The van der Waals surface area contributed by atoms with Gasteiger partial charge in [-0.05, 0) is 75.8 Å². The number of halogens is 2. The summed E-state index contributed by atoms with van der Waals surface area (Å²) in [6.45, 7) is 8.17. The molecular formula is C42H39F2IrN3-2. The Morgan fingerprint density at radius 3 is 2.17 bits per heavy atom. The molecule has 6 heteroatoms. The Morgan fingerprint density at radius 2 is 1.52 bits per heavy atom. The van der Waals surface area contributed by atoms with Crippen LogP contribution in [0.15, 0.2) is 85.2 Å². The number of aromatic nitrogens is 2. The number of hydrogen-bond acceptors (Lipinski definition) is 3. The maximum absolute atomic E-state index is 13.7. The molecule has 0 aliphatic rings. The van der Waals surface area contributed by atoms with E-state index in [-0.39, 0.29) is 36.8 Å². The van der Waals surface area contributed by atoms with Crippen molar-refractivity contribution in [2.75, 3.05) is 0 Å². The average molecular weight is 823 g/mol. The van der Waals surface area contributed by atoms with Crippen molar-refractivity contribution < 1.29 is 38.5 Å². The van der Waals surface area contributed by atoms with E-state index in [4.69, 9.17) is 9.60 Å². The van der Waals surface area contributed by atoms with Crippen LogP contribution in [0.2, 0.25) is 0 Å². The minimum Gasteiger partial charge on any atom is -0.304 e. The van der Waals surface area contributed by atoms with Crippen molar-refractivity contribution in [2.45, 2.75) is 61.1 Å². The number of pyridine rings is 2. The van der Waals surface area contributed by atoms with Crippen molar-refractivity contribution in [1.29, 1.82) is 5.26 Å². The molecule has 0 bridgehead atoms. The van der Waals surface area contributed by atoms with Crippen LogP contribution in [0.5, 0.6) is 0 Å². The molecule has 0 saturated carbocycles. The fourth-order valence-corrected chi connectivity index (χ4v) is 5.11. The summed E-state index contributed by atoms with van der Waals surface area (Å²) in [5.41, 5.74) is 1.10.